The van der Waals surface area contributed by atoms with Gasteiger partial charge in [-0.15, -0.1) is 12.4 Å². The Labute approximate surface area is 109 Å². The van der Waals surface area contributed by atoms with E-state index in [1.807, 2.05) is 0 Å². The number of aromatic hydroxyl groups is 1. The maximum Gasteiger partial charge on any atom is 0.326 e. The number of halogens is 1. The zero-order chi connectivity index (χ0) is 12.0. The number of hydrogen-bond acceptors (Lipinski definition) is 3. The fourth-order valence-electron chi connectivity index (χ4n) is 2.43. The number of aromatic nitrogens is 1. The highest BCUT2D eigenvalue weighted by atomic mass is 35.5. The molecular formula is C12H13ClN2O3. The minimum absolute atomic E-state index is 0. The maximum absolute atomic E-state index is 11.1. The fraction of sp³-hybridized carbons (Fsp3) is 0.250. The van der Waals surface area contributed by atoms with E-state index in [9.17, 15) is 9.90 Å². The van der Waals surface area contributed by atoms with E-state index < -0.39 is 12.0 Å². The van der Waals surface area contributed by atoms with Gasteiger partial charge in [-0.1, -0.05) is 0 Å². The summed E-state index contributed by atoms with van der Waals surface area (Å²) >= 11 is 0. The van der Waals surface area contributed by atoms with Crippen LogP contribution >= 0.6 is 12.4 Å². The molecule has 5 nitrogen and oxygen atoms in total. The first-order valence-corrected chi connectivity index (χ1v) is 5.46. The van der Waals surface area contributed by atoms with Crippen LogP contribution in [0.3, 0.4) is 0 Å². The van der Waals surface area contributed by atoms with Crippen LogP contribution in [0, 0.1) is 0 Å². The minimum atomic E-state index is -0.887. The van der Waals surface area contributed by atoms with E-state index in [0.29, 0.717) is 12.2 Å². The van der Waals surface area contributed by atoms with Gasteiger partial charge in [0.1, 0.15) is 11.8 Å². The number of carboxylic acid groups (broad SMARTS) is 1. The van der Waals surface area contributed by atoms with Crippen molar-refractivity contribution in [3.05, 3.63) is 29.5 Å². The molecule has 96 valence electrons. The lowest BCUT2D eigenvalue weighted by Crippen LogP contribution is -2.34. The maximum atomic E-state index is 11.1. The van der Waals surface area contributed by atoms with Crippen molar-refractivity contribution in [2.45, 2.75) is 12.5 Å². The third-order valence-corrected chi connectivity index (χ3v) is 3.18. The predicted molar refractivity (Wildman–Crippen MR) is 69.3 cm³/mol. The highest BCUT2D eigenvalue weighted by Gasteiger charge is 2.28. The summed E-state index contributed by atoms with van der Waals surface area (Å²) in [6, 6.07) is 4.35. The van der Waals surface area contributed by atoms with Crippen LogP contribution in [0.25, 0.3) is 10.9 Å². The van der Waals surface area contributed by atoms with E-state index in [1.165, 1.54) is 0 Å². The molecular weight excluding hydrogens is 256 g/mol. The zero-order valence-corrected chi connectivity index (χ0v) is 10.3. The first-order chi connectivity index (χ1) is 8.16. The van der Waals surface area contributed by atoms with Gasteiger partial charge >= 0.3 is 5.97 Å². The van der Waals surface area contributed by atoms with Gasteiger partial charge in [-0.25, -0.2) is 0 Å². The summed E-state index contributed by atoms with van der Waals surface area (Å²) in [6.45, 7) is 0.632. The number of fused-ring (bicyclic) bond motifs is 3. The summed E-state index contributed by atoms with van der Waals surface area (Å²) in [7, 11) is 0. The number of phenols is 1. The summed E-state index contributed by atoms with van der Waals surface area (Å²) in [4.78, 5) is 14.2. The average molecular weight is 269 g/mol. The molecule has 1 unspecified atom stereocenters. The number of phenolic OH excluding ortho intramolecular Hbond substituents is 1. The molecule has 0 spiro atoms. The zero-order valence-electron chi connectivity index (χ0n) is 9.43. The summed E-state index contributed by atoms with van der Waals surface area (Å²) in [5.74, 6) is -0.688. The largest absolute Gasteiger partial charge is 0.508 e. The molecule has 4 N–H and O–H groups in total. The molecule has 1 aromatic carbocycles. The van der Waals surface area contributed by atoms with Crippen molar-refractivity contribution in [3.63, 3.8) is 0 Å². The van der Waals surface area contributed by atoms with Crippen LogP contribution in [0.15, 0.2) is 18.2 Å². The topological polar surface area (TPSA) is 85.4 Å². The van der Waals surface area contributed by atoms with Gasteiger partial charge in [0.15, 0.2) is 0 Å². The van der Waals surface area contributed by atoms with E-state index >= 15 is 0 Å². The molecule has 6 heteroatoms. The van der Waals surface area contributed by atoms with Crippen LogP contribution in [0.1, 0.15) is 17.3 Å². The summed E-state index contributed by atoms with van der Waals surface area (Å²) in [5.41, 5.74) is 2.55. The molecule has 0 bridgehead atoms. The molecule has 0 fully saturated rings. The molecule has 0 aliphatic carbocycles. The van der Waals surface area contributed by atoms with Crippen molar-refractivity contribution in [3.8, 4) is 5.75 Å². The lowest BCUT2D eigenvalue weighted by atomic mass is 9.99. The second-order valence-corrected chi connectivity index (χ2v) is 4.22. The number of carboxylic acids is 1. The lowest BCUT2D eigenvalue weighted by molar-refractivity contribution is -0.139. The van der Waals surface area contributed by atoms with Crippen molar-refractivity contribution in [2.24, 2.45) is 0 Å². The van der Waals surface area contributed by atoms with Crippen molar-refractivity contribution < 1.29 is 15.0 Å². The Morgan fingerprint density at radius 3 is 2.89 bits per heavy atom. The number of aromatic amines is 1. The van der Waals surface area contributed by atoms with Crippen molar-refractivity contribution in [1.29, 1.82) is 0 Å². The molecule has 0 amide bonds. The summed E-state index contributed by atoms with van der Waals surface area (Å²) < 4.78 is 0. The van der Waals surface area contributed by atoms with E-state index in [0.717, 1.165) is 22.9 Å². The molecule has 0 saturated heterocycles. The van der Waals surface area contributed by atoms with Gasteiger partial charge in [0.05, 0.1) is 0 Å². The molecule has 1 aliphatic rings. The Kier molecular flexibility index (Phi) is 3.19. The number of carbonyl (C=O) groups is 1. The lowest BCUT2D eigenvalue weighted by Gasteiger charge is -2.20. The Bertz CT molecular complexity index is 609. The highest BCUT2D eigenvalue weighted by molar-refractivity contribution is 5.89. The monoisotopic (exact) mass is 268 g/mol. The third-order valence-electron chi connectivity index (χ3n) is 3.18. The second kappa shape index (κ2) is 4.51. The third kappa shape index (κ3) is 1.81. The average Bonchev–Trinajstić information content (AvgIpc) is 2.66. The highest BCUT2D eigenvalue weighted by Crippen LogP contribution is 2.31. The van der Waals surface area contributed by atoms with Gasteiger partial charge in [-0.3, -0.25) is 10.1 Å². The number of rotatable bonds is 1. The molecule has 1 aliphatic heterocycles. The van der Waals surface area contributed by atoms with Crippen LogP contribution in [-0.2, 0) is 11.2 Å². The Morgan fingerprint density at radius 1 is 1.39 bits per heavy atom. The van der Waals surface area contributed by atoms with Crippen LogP contribution < -0.4 is 5.32 Å². The molecule has 18 heavy (non-hydrogen) atoms. The van der Waals surface area contributed by atoms with Crippen LogP contribution in [0.2, 0.25) is 0 Å². The molecule has 2 heterocycles. The minimum Gasteiger partial charge on any atom is -0.508 e. The van der Waals surface area contributed by atoms with Crippen LogP contribution in [0.5, 0.6) is 5.75 Å². The van der Waals surface area contributed by atoms with Gasteiger partial charge in [-0.2, -0.15) is 0 Å². The van der Waals surface area contributed by atoms with E-state index in [2.05, 4.69) is 10.3 Å². The first kappa shape index (κ1) is 12.7. The van der Waals surface area contributed by atoms with Gasteiger partial charge in [0.2, 0.25) is 0 Å². The SMILES string of the molecule is Cl.O=C(O)C1NCCc2c1[nH]c1ccc(O)cc21. The quantitative estimate of drug-likeness (QED) is 0.632. The van der Waals surface area contributed by atoms with Gasteiger partial charge in [-0.05, 0) is 30.2 Å². The Hall–Kier alpha value is -1.72. The van der Waals surface area contributed by atoms with E-state index in [-0.39, 0.29) is 18.2 Å². The van der Waals surface area contributed by atoms with Gasteiger partial charge < -0.3 is 15.2 Å². The molecule has 0 saturated carbocycles. The smallest absolute Gasteiger partial charge is 0.326 e. The van der Waals surface area contributed by atoms with Crippen molar-refractivity contribution >= 4 is 29.3 Å². The summed E-state index contributed by atoms with van der Waals surface area (Å²) in [6.07, 6.45) is 0.766. The van der Waals surface area contributed by atoms with Gasteiger partial charge in [0.25, 0.3) is 0 Å². The fourth-order valence-corrected chi connectivity index (χ4v) is 2.43. The first-order valence-electron chi connectivity index (χ1n) is 5.46. The van der Waals surface area contributed by atoms with Crippen molar-refractivity contribution in [1.82, 2.24) is 10.3 Å². The molecule has 1 aromatic heterocycles. The molecule has 3 rings (SSSR count). The van der Waals surface area contributed by atoms with Crippen LogP contribution in [-0.4, -0.2) is 27.7 Å². The van der Waals surface area contributed by atoms with Gasteiger partial charge in [0, 0.05) is 23.1 Å². The predicted octanol–water partition coefficient (Wildman–Crippen LogP) is 1.57. The van der Waals surface area contributed by atoms with E-state index in [1.54, 1.807) is 18.2 Å². The number of nitrogens with one attached hydrogen (secondary N) is 2. The van der Waals surface area contributed by atoms with E-state index in [4.69, 9.17) is 5.11 Å². The van der Waals surface area contributed by atoms with Crippen molar-refractivity contribution in [2.75, 3.05) is 6.54 Å². The molecule has 2 aromatic rings. The number of hydrogen-bond donors (Lipinski definition) is 4. The Morgan fingerprint density at radius 2 is 2.17 bits per heavy atom. The number of H-pyrrole nitrogens is 1. The normalized spacial score (nSPS) is 18.1. The second-order valence-electron chi connectivity index (χ2n) is 4.22. The molecule has 0 radical (unpaired) electrons. The number of aliphatic carboxylic acids is 1. The number of benzene rings is 1. The summed E-state index contributed by atoms with van der Waals surface area (Å²) in [5, 5.41) is 22.5. The Balaban J connectivity index is 0.00000120. The standard InChI is InChI=1S/C12H12N2O3.ClH/c15-6-1-2-9-8(5-6)7-3-4-13-11(12(16)17)10(7)14-9;/h1-2,5,11,13-15H,3-4H2,(H,16,17);1H. The molecule has 1 atom stereocenters. The van der Waals surface area contributed by atoms with Crippen LogP contribution in [0.4, 0.5) is 0 Å².